The van der Waals surface area contributed by atoms with Gasteiger partial charge < -0.3 is 10.2 Å². The van der Waals surface area contributed by atoms with Crippen molar-refractivity contribution in [3.8, 4) is 0 Å². The molecule has 2 aliphatic heterocycles. The van der Waals surface area contributed by atoms with Crippen molar-refractivity contribution in [1.29, 1.82) is 0 Å². The quantitative estimate of drug-likeness (QED) is 0.712. The maximum absolute atomic E-state index is 12.2. The fourth-order valence-electron chi connectivity index (χ4n) is 2.57. The summed E-state index contributed by atoms with van der Waals surface area (Å²) in [7, 11) is 0. The van der Waals surface area contributed by atoms with Gasteiger partial charge in [-0.25, -0.2) is 0 Å². The van der Waals surface area contributed by atoms with Crippen LogP contribution < -0.4 is 5.32 Å². The molecular formula is C12H22N2O. The van der Waals surface area contributed by atoms with Crippen molar-refractivity contribution in [2.75, 3.05) is 19.6 Å². The van der Waals surface area contributed by atoms with Crippen molar-refractivity contribution in [2.45, 2.75) is 51.0 Å². The van der Waals surface area contributed by atoms with E-state index in [0.717, 1.165) is 26.1 Å². The van der Waals surface area contributed by atoms with Gasteiger partial charge in [0.05, 0.1) is 6.04 Å². The molecule has 1 atom stereocenters. The van der Waals surface area contributed by atoms with Crippen molar-refractivity contribution in [3.05, 3.63) is 0 Å². The van der Waals surface area contributed by atoms with Gasteiger partial charge in [-0.3, -0.25) is 4.79 Å². The molecule has 2 rings (SSSR count). The number of piperidine rings is 1. The smallest absolute Gasteiger partial charge is 0.239 e. The molecule has 0 radical (unpaired) electrons. The average Bonchev–Trinajstić information content (AvgIpc) is 2.58. The number of nitrogens with zero attached hydrogens (tertiary/aromatic N) is 1. The lowest BCUT2D eigenvalue weighted by Crippen LogP contribution is -2.47. The molecule has 1 unspecified atom stereocenters. The summed E-state index contributed by atoms with van der Waals surface area (Å²) in [5.41, 5.74) is 0. The molecule has 0 aromatic heterocycles. The lowest BCUT2D eigenvalue weighted by Gasteiger charge is -2.30. The van der Waals surface area contributed by atoms with E-state index in [1.165, 1.54) is 38.5 Å². The summed E-state index contributed by atoms with van der Waals surface area (Å²) in [6, 6.07) is 0.116. The van der Waals surface area contributed by atoms with Gasteiger partial charge in [-0.15, -0.1) is 0 Å². The van der Waals surface area contributed by atoms with Crippen LogP contribution in [0.4, 0.5) is 0 Å². The Balaban J connectivity index is 1.87. The number of amides is 1. The van der Waals surface area contributed by atoms with Gasteiger partial charge in [0.1, 0.15) is 0 Å². The molecule has 15 heavy (non-hydrogen) atoms. The zero-order valence-corrected chi connectivity index (χ0v) is 9.50. The predicted molar refractivity (Wildman–Crippen MR) is 60.7 cm³/mol. The van der Waals surface area contributed by atoms with Gasteiger partial charge in [-0.05, 0) is 38.6 Å². The Labute approximate surface area is 92.2 Å². The van der Waals surface area contributed by atoms with Gasteiger partial charge in [0, 0.05) is 13.1 Å². The lowest BCUT2D eigenvalue weighted by atomic mass is 10.1. The van der Waals surface area contributed by atoms with E-state index < -0.39 is 0 Å². The zero-order chi connectivity index (χ0) is 10.5. The van der Waals surface area contributed by atoms with Crippen molar-refractivity contribution in [3.63, 3.8) is 0 Å². The summed E-state index contributed by atoms with van der Waals surface area (Å²) in [5, 5.41) is 3.39. The van der Waals surface area contributed by atoms with E-state index >= 15 is 0 Å². The minimum Gasteiger partial charge on any atom is -0.341 e. The molecule has 1 N–H and O–H groups in total. The molecule has 86 valence electrons. The molecule has 3 nitrogen and oxygen atoms in total. The monoisotopic (exact) mass is 210 g/mol. The van der Waals surface area contributed by atoms with Crippen LogP contribution >= 0.6 is 0 Å². The summed E-state index contributed by atoms with van der Waals surface area (Å²) in [6.07, 6.45) is 8.42. The Morgan fingerprint density at radius 1 is 1.00 bits per heavy atom. The molecule has 2 saturated heterocycles. The first-order valence-electron chi connectivity index (χ1n) is 6.40. The number of nitrogens with one attached hydrogen (secondary N) is 1. The maximum atomic E-state index is 12.2. The van der Waals surface area contributed by atoms with Crippen molar-refractivity contribution in [1.82, 2.24) is 10.2 Å². The van der Waals surface area contributed by atoms with Gasteiger partial charge in [0.2, 0.25) is 5.91 Å². The van der Waals surface area contributed by atoms with Crippen LogP contribution in [0.25, 0.3) is 0 Å². The predicted octanol–water partition coefficient (Wildman–Crippen LogP) is 1.53. The van der Waals surface area contributed by atoms with Crippen LogP contribution in [0.15, 0.2) is 0 Å². The van der Waals surface area contributed by atoms with Gasteiger partial charge in [0.15, 0.2) is 0 Å². The SMILES string of the molecule is O=C(C1CCCCCN1)N1CCCCC1. The highest BCUT2D eigenvalue weighted by Gasteiger charge is 2.25. The first-order valence-corrected chi connectivity index (χ1v) is 6.40. The summed E-state index contributed by atoms with van der Waals surface area (Å²) >= 11 is 0. The van der Waals surface area contributed by atoms with E-state index in [1.807, 2.05) is 0 Å². The van der Waals surface area contributed by atoms with Crippen LogP contribution in [0, 0.1) is 0 Å². The highest BCUT2D eigenvalue weighted by atomic mass is 16.2. The topological polar surface area (TPSA) is 32.3 Å². The minimum atomic E-state index is 0.116. The highest BCUT2D eigenvalue weighted by molar-refractivity contribution is 5.82. The zero-order valence-electron chi connectivity index (χ0n) is 9.50. The highest BCUT2D eigenvalue weighted by Crippen LogP contribution is 2.14. The Bertz CT molecular complexity index is 204. The van der Waals surface area contributed by atoms with E-state index in [2.05, 4.69) is 10.2 Å². The van der Waals surface area contributed by atoms with E-state index in [-0.39, 0.29) is 6.04 Å². The number of rotatable bonds is 1. The second-order valence-electron chi connectivity index (χ2n) is 4.74. The minimum absolute atomic E-state index is 0.116. The average molecular weight is 210 g/mol. The van der Waals surface area contributed by atoms with E-state index in [0.29, 0.717) is 5.91 Å². The second kappa shape index (κ2) is 5.50. The molecule has 3 heteroatoms. The third-order valence-corrected chi connectivity index (χ3v) is 3.53. The standard InChI is InChI=1S/C12H22N2O/c15-12(14-9-5-2-6-10-14)11-7-3-1-4-8-13-11/h11,13H,1-10H2. The van der Waals surface area contributed by atoms with Gasteiger partial charge >= 0.3 is 0 Å². The molecule has 0 bridgehead atoms. The van der Waals surface area contributed by atoms with Crippen LogP contribution in [0.5, 0.6) is 0 Å². The summed E-state index contributed by atoms with van der Waals surface area (Å²) in [5.74, 6) is 0.358. The molecule has 0 aromatic rings. The molecule has 2 aliphatic rings. The molecule has 2 fully saturated rings. The van der Waals surface area contributed by atoms with Crippen LogP contribution in [0.2, 0.25) is 0 Å². The van der Waals surface area contributed by atoms with Crippen LogP contribution in [0.1, 0.15) is 44.9 Å². The molecule has 0 aromatic carbocycles. The van der Waals surface area contributed by atoms with Gasteiger partial charge in [-0.1, -0.05) is 12.8 Å². The molecule has 1 amide bonds. The van der Waals surface area contributed by atoms with Crippen molar-refractivity contribution >= 4 is 5.91 Å². The molecule has 2 heterocycles. The Morgan fingerprint density at radius 3 is 2.53 bits per heavy atom. The van der Waals surface area contributed by atoms with Crippen molar-refractivity contribution < 1.29 is 4.79 Å². The van der Waals surface area contributed by atoms with Crippen LogP contribution in [-0.4, -0.2) is 36.5 Å². The van der Waals surface area contributed by atoms with Crippen LogP contribution in [0.3, 0.4) is 0 Å². The number of hydrogen-bond acceptors (Lipinski definition) is 2. The number of hydrogen-bond donors (Lipinski definition) is 1. The van der Waals surface area contributed by atoms with Gasteiger partial charge in [-0.2, -0.15) is 0 Å². The number of carbonyl (C=O) groups excluding carboxylic acids is 1. The summed E-state index contributed by atoms with van der Waals surface area (Å²) in [6.45, 7) is 2.98. The molecule has 0 aliphatic carbocycles. The number of likely N-dealkylation sites (tertiary alicyclic amines) is 1. The summed E-state index contributed by atoms with van der Waals surface area (Å²) in [4.78, 5) is 14.2. The molecule has 0 spiro atoms. The van der Waals surface area contributed by atoms with Crippen molar-refractivity contribution in [2.24, 2.45) is 0 Å². The largest absolute Gasteiger partial charge is 0.341 e. The Morgan fingerprint density at radius 2 is 1.73 bits per heavy atom. The fraction of sp³-hybridized carbons (Fsp3) is 0.917. The lowest BCUT2D eigenvalue weighted by molar-refractivity contribution is -0.134. The first-order chi connectivity index (χ1) is 7.38. The molecular weight excluding hydrogens is 188 g/mol. The summed E-state index contributed by atoms with van der Waals surface area (Å²) < 4.78 is 0. The molecule has 0 saturated carbocycles. The fourth-order valence-corrected chi connectivity index (χ4v) is 2.57. The maximum Gasteiger partial charge on any atom is 0.239 e. The first kappa shape index (κ1) is 10.9. The van der Waals surface area contributed by atoms with Crippen LogP contribution in [-0.2, 0) is 4.79 Å². The number of carbonyl (C=O) groups is 1. The Kier molecular flexibility index (Phi) is 4.01. The third-order valence-electron chi connectivity index (χ3n) is 3.53. The van der Waals surface area contributed by atoms with E-state index in [1.54, 1.807) is 0 Å². The van der Waals surface area contributed by atoms with E-state index in [9.17, 15) is 4.79 Å². The second-order valence-corrected chi connectivity index (χ2v) is 4.74. The normalized spacial score (nSPS) is 28.5. The third kappa shape index (κ3) is 2.94. The Hall–Kier alpha value is -0.570. The van der Waals surface area contributed by atoms with Gasteiger partial charge in [0.25, 0.3) is 0 Å². The van der Waals surface area contributed by atoms with E-state index in [4.69, 9.17) is 0 Å².